The van der Waals surface area contributed by atoms with E-state index in [1.807, 2.05) is 30.3 Å². The van der Waals surface area contributed by atoms with E-state index in [-0.39, 0.29) is 29.6 Å². The monoisotopic (exact) mass is 430 g/mol. The van der Waals surface area contributed by atoms with Crippen LogP contribution in [0.15, 0.2) is 51.7 Å². The Balaban J connectivity index is 1.57. The van der Waals surface area contributed by atoms with Crippen molar-refractivity contribution in [1.82, 2.24) is 15.0 Å². The molecule has 3 aromatic rings. The molecule has 1 aromatic carbocycles. The zero-order valence-corrected chi connectivity index (χ0v) is 17.1. The van der Waals surface area contributed by atoms with Gasteiger partial charge in [0.1, 0.15) is 0 Å². The van der Waals surface area contributed by atoms with E-state index in [0.29, 0.717) is 28.3 Å². The standard InChI is InChI=1S/C19H18N4O4S2/c1-2-27-17(26)8-13-10-28-18(20-13)23-16(25)11-29-19-21-14(9-15(24)22-19)12-6-4-3-5-7-12/h3-7,9-10H,2,8,11H2,1H3,(H,20,23,25)(H,21,22,24). The highest BCUT2D eigenvalue weighted by Crippen LogP contribution is 2.20. The fraction of sp³-hybridized carbons (Fsp3) is 0.211. The third kappa shape index (κ3) is 6.26. The molecule has 0 aliphatic heterocycles. The number of thiazole rings is 1. The van der Waals surface area contributed by atoms with E-state index < -0.39 is 0 Å². The number of anilines is 1. The predicted molar refractivity (Wildman–Crippen MR) is 112 cm³/mol. The molecule has 3 rings (SSSR count). The number of aromatic amines is 1. The van der Waals surface area contributed by atoms with Gasteiger partial charge in [-0.05, 0) is 6.92 Å². The summed E-state index contributed by atoms with van der Waals surface area (Å²) in [6.45, 7) is 2.05. The number of carbonyl (C=O) groups excluding carboxylic acids is 2. The van der Waals surface area contributed by atoms with Crippen molar-refractivity contribution in [1.29, 1.82) is 0 Å². The first-order valence-electron chi connectivity index (χ1n) is 8.73. The van der Waals surface area contributed by atoms with Gasteiger partial charge in [-0.25, -0.2) is 9.97 Å². The van der Waals surface area contributed by atoms with Crippen molar-refractivity contribution in [3.63, 3.8) is 0 Å². The van der Waals surface area contributed by atoms with E-state index in [1.165, 1.54) is 17.4 Å². The maximum atomic E-state index is 12.2. The van der Waals surface area contributed by atoms with Gasteiger partial charge >= 0.3 is 5.97 Å². The van der Waals surface area contributed by atoms with E-state index in [1.54, 1.807) is 12.3 Å². The maximum absolute atomic E-state index is 12.2. The second-order valence-electron chi connectivity index (χ2n) is 5.76. The molecule has 0 unspecified atom stereocenters. The SMILES string of the molecule is CCOC(=O)Cc1csc(NC(=O)CSc2nc(-c3ccccc3)cc(=O)[nH]2)n1. The second kappa shape index (κ2) is 9.99. The van der Waals surface area contributed by atoms with Gasteiger partial charge in [-0.2, -0.15) is 0 Å². The Morgan fingerprint density at radius 1 is 1.24 bits per heavy atom. The highest BCUT2D eigenvalue weighted by Gasteiger charge is 2.12. The van der Waals surface area contributed by atoms with Crippen LogP contribution in [0.4, 0.5) is 5.13 Å². The van der Waals surface area contributed by atoms with E-state index in [9.17, 15) is 14.4 Å². The van der Waals surface area contributed by atoms with Crippen LogP contribution in [0.1, 0.15) is 12.6 Å². The lowest BCUT2D eigenvalue weighted by Crippen LogP contribution is -2.15. The number of rotatable bonds is 8. The van der Waals surface area contributed by atoms with Crippen molar-refractivity contribution in [2.24, 2.45) is 0 Å². The Hall–Kier alpha value is -2.98. The summed E-state index contributed by atoms with van der Waals surface area (Å²) in [7, 11) is 0. The molecule has 0 bridgehead atoms. The summed E-state index contributed by atoms with van der Waals surface area (Å²) in [4.78, 5) is 46.8. The molecule has 2 N–H and O–H groups in total. The van der Waals surface area contributed by atoms with Crippen molar-refractivity contribution < 1.29 is 14.3 Å². The number of ether oxygens (including phenoxy) is 1. The highest BCUT2D eigenvalue weighted by atomic mass is 32.2. The number of thioether (sulfide) groups is 1. The first kappa shape index (κ1) is 20.7. The molecule has 0 atom stereocenters. The summed E-state index contributed by atoms with van der Waals surface area (Å²) in [6.07, 6.45) is 0.0619. The van der Waals surface area contributed by atoms with Gasteiger partial charge in [-0.1, -0.05) is 42.1 Å². The average molecular weight is 431 g/mol. The number of nitrogens with zero attached hydrogens (tertiary/aromatic N) is 2. The van der Waals surface area contributed by atoms with Gasteiger partial charge in [0.15, 0.2) is 10.3 Å². The maximum Gasteiger partial charge on any atom is 0.311 e. The van der Waals surface area contributed by atoms with Crippen molar-refractivity contribution in [3.8, 4) is 11.3 Å². The van der Waals surface area contributed by atoms with Crippen LogP contribution in [-0.4, -0.2) is 39.2 Å². The second-order valence-corrected chi connectivity index (χ2v) is 7.59. The lowest BCUT2D eigenvalue weighted by molar-refractivity contribution is -0.142. The van der Waals surface area contributed by atoms with Crippen LogP contribution in [0.3, 0.4) is 0 Å². The van der Waals surface area contributed by atoms with E-state index in [2.05, 4.69) is 20.3 Å². The number of amides is 1. The van der Waals surface area contributed by atoms with Crippen LogP contribution in [-0.2, 0) is 20.7 Å². The van der Waals surface area contributed by atoms with Gasteiger partial charge in [-0.3, -0.25) is 14.4 Å². The molecular formula is C19H18N4O4S2. The summed E-state index contributed by atoms with van der Waals surface area (Å²) < 4.78 is 4.87. The molecule has 0 aliphatic carbocycles. The Morgan fingerprint density at radius 3 is 2.79 bits per heavy atom. The summed E-state index contributed by atoms with van der Waals surface area (Å²) in [5.74, 6) is -0.604. The van der Waals surface area contributed by atoms with Crippen LogP contribution < -0.4 is 10.9 Å². The van der Waals surface area contributed by atoms with Crippen LogP contribution in [0.5, 0.6) is 0 Å². The molecular weight excluding hydrogens is 412 g/mol. The lowest BCUT2D eigenvalue weighted by atomic mass is 10.1. The predicted octanol–water partition coefficient (Wildman–Crippen LogP) is 2.73. The van der Waals surface area contributed by atoms with Crippen LogP contribution in [0.25, 0.3) is 11.3 Å². The van der Waals surface area contributed by atoms with Gasteiger partial charge in [0.25, 0.3) is 5.56 Å². The van der Waals surface area contributed by atoms with Gasteiger partial charge in [-0.15, -0.1) is 11.3 Å². The first-order valence-corrected chi connectivity index (χ1v) is 10.6. The van der Waals surface area contributed by atoms with Crippen molar-refractivity contribution >= 4 is 40.1 Å². The molecule has 10 heteroatoms. The Kier molecular flexibility index (Phi) is 7.14. The number of hydrogen-bond acceptors (Lipinski definition) is 8. The lowest BCUT2D eigenvalue weighted by Gasteiger charge is -2.04. The van der Waals surface area contributed by atoms with Crippen molar-refractivity contribution in [2.75, 3.05) is 17.7 Å². The molecule has 0 saturated heterocycles. The van der Waals surface area contributed by atoms with Gasteiger partial charge in [0, 0.05) is 17.0 Å². The molecule has 0 saturated carbocycles. The minimum absolute atomic E-state index is 0.0496. The molecule has 29 heavy (non-hydrogen) atoms. The fourth-order valence-electron chi connectivity index (χ4n) is 2.36. The molecule has 0 aliphatic rings. The summed E-state index contributed by atoms with van der Waals surface area (Å²) in [6, 6.07) is 10.7. The average Bonchev–Trinajstić information content (AvgIpc) is 3.13. The topological polar surface area (TPSA) is 114 Å². The van der Waals surface area contributed by atoms with Gasteiger partial charge in [0.05, 0.1) is 30.2 Å². The number of nitrogens with one attached hydrogen (secondary N) is 2. The van der Waals surface area contributed by atoms with Crippen LogP contribution in [0, 0.1) is 0 Å². The van der Waals surface area contributed by atoms with E-state index in [0.717, 1.165) is 17.3 Å². The minimum Gasteiger partial charge on any atom is -0.466 e. The Labute approximate surface area is 174 Å². The number of carbonyl (C=O) groups is 2. The fourth-order valence-corrected chi connectivity index (χ4v) is 3.76. The number of benzene rings is 1. The molecule has 0 fully saturated rings. The molecule has 1 amide bonds. The number of H-pyrrole nitrogens is 1. The number of aromatic nitrogens is 3. The largest absolute Gasteiger partial charge is 0.466 e. The highest BCUT2D eigenvalue weighted by molar-refractivity contribution is 7.99. The minimum atomic E-state index is -0.362. The molecule has 2 aromatic heterocycles. The van der Waals surface area contributed by atoms with E-state index in [4.69, 9.17) is 4.74 Å². The molecule has 0 spiro atoms. The Bertz CT molecular complexity index is 1050. The third-order valence-corrected chi connectivity index (χ3v) is 5.24. The molecule has 2 heterocycles. The Morgan fingerprint density at radius 2 is 2.03 bits per heavy atom. The smallest absolute Gasteiger partial charge is 0.311 e. The van der Waals surface area contributed by atoms with E-state index >= 15 is 0 Å². The summed E-state index contributed by atoms with van der Waals surface area (Å²) >= 11 is 2.35. The zero-order chi connectivity index (χ0) is 20.6. The normalized spacial score (nSPS) is 10.5. The number of hydrogen-bond donors (Lipinski definition) is 2. The van der Waals surface area contributed by atoms with Crippen molar-refractivity contribution in [3.05, 3.63) is 57.8 Å². The molecule has 150 valence electrons. The van der Waals surface area contributed by atoms with Crippen LogP contribution >= 0.6 is 23.1 Å². The summed E-state index contributed by atoms with van der Waals surface area (Å²) in [5.41, 5.74) is 1.62. The van der Waals surface area contributed by atoms with Gasteiger partial charge in [0.2, 0.25) is 5.91 Å². The quantitative estimate of drug-likeness (QED) is 0.321. The molecule has 0 radical (unpaired) electrons. The van der Waals surface area contributed by atoms with Crippen molar-refractivity contribution in [2.45, 2.75) is 18.5 Å². The number of esters is 1. The third-order valence-electron chi connectivity index (χ3n) is 3.56. The molecule has 8 nitrogen and oxygen atoms in total. The summed E-state index contributed by atoms with van der Waals surface area (Å²) in [5, 5.41) is 5.12. The van der Waals surface area contributed by atoms with Gasteiger partial charge < -0.3 is 15.0 Å². The first-order chi connectivity index (χ1) is 14.0. The van der Waals surface area contributed by atoms with Crippen LogP contribution in [0.2, 0.25) is 0 Å². The zero-order valence-electron chi connectivity index (χ0n) is 15.5.